The molecule has 4 N–H and O–H groups in total. The number of H-pyrrole nitrogens is 2. The van der Waals surface area contributed by atoms with Gasteiger partial charge in [0, 0.05) is 47.4 Å². The number of rotatable bonds is 9. The molecule has 0 bridgehead atoms. The lowest BCUT2D eigenvalue weighted by Gasteiger charge is -2.13. The van der Waals surface area contributed by atoms with E-state index in [1.807, 2.05) is 50.5 Å². The molecule has 11 heteroatoms. The molecule has 0 saturated heterocycles. The molecule has 45 heavy (non-hydrogen) atoms. The Morgan fingerprint density at radius 1 is 1.00 bits per heavy atom. The van der Waals surface area contributed by atoms with Crippen LogP contribution in [0.5, 0.6) is 0 Å². The maximum Gasteiger partial charge on any atom is 0.227 e. The van der Waals surface area contributed by atoms with E-state index in [-0.39, 0.29) is 17.6 Å². The van der Waals surface area contributed by atoms with E-state index in [4.69, 9.17) is 4.98 Å². The highest BCUT2D eigenvalue weighted by molar-refractivity contribution is 5.98. The van der Waals surface area contributed by atoms with Gasteiger partial charge in [0.15, 0.2) is 5.82 Å². The van der Waals surface area contributed by atoms with E-state index in [9.17, 15) is 9.18 Å². The molecule has 0 radical (unpaired) electrons. The highest BCUT2D eigenvalue weighted by atomic mass is 19.1. The first-order valence-corrected chi connectivity index (χ1v) is 15.2. The van der Waals surface area contributed by atoms with Crippen LogP contribution in [-0.2, 0) is 4.79 Å². The van der Waals surface area contributed by atoms with Crippen LogP contribution in [0.2, 0.25) is 0 Å². The van der Waals surface area contributed by atoms with Gasteiger partial charge in [0.05, 0.1) is 40.3 Å². The molecular formula is C34H34FN9O. The summed E-state index contributed by atoms with van der Waals surface area (Å²) in [7, 11) is 4.00. The molecule has 1 fully saturated rings. The highest BCUT2D eigenvalue weighted by Crippen LogP contribution is 2.34. The van der Waals surface area contributed by atoms with Crippen molar-refractivity contribution in [3.63, 3.8) is 0 Å². The van der Waals surface area contributed by atoms with Crippen molar-refractivity contribution >= 4 is 39.2 Å². The number of amides is 1. The van der Waals surface area contributed by atoms with Crippen molar-refractivity contribution in [2.45, 2.75) is 25.7 Å². The SMILES string of the molecule is CN(C)CCNc1cc(F)cc(-c2cccc3[nH]c(-c4n[nH]c5cnc(-c6cncc(NC(=O)C7CCCC7)c6)cc45)nc23)c1. The number of fused-ring (bicyclic) bond motifs is 2. The zero-order valence-electron chi connectivity index (χ0n) is 25.2. The molecule has 0 unspecified atom stereocenters. The number of likely N-dealkylation sites (N-methyl/N-ethyl adjacent to an activating group) is 1. The highest BCUT2D eigenvalue weighted by Gasteiger charge is 2.23. The average Bonchev–Trinajstić information content (AvgIpc) is 3.80. The molecule has 2 aromatic carbocycles. The molecule has 1 saturated carbocycles. The number of hydrogen-bond donors (Lipinski definition) is 4. The van der Waals surface area contributed by atoms with Gasteiger partial charge < -0.3 is 20.5 Å². The second-order valence-electron chi connectivity index (χ2n) is 11.9. The molecule has 0 aliphatic heterocycles. The quantitative estimate of drug-likeness (QED) is 0.149. The number of carbonyl (C=O) groups is 1. The Bertz CT molecular complexity index is 2010. The number of pyridine rings is 2. The molecule has 10 nitrogen and oxygen atoms in total. The fourth-order valence-corrected chi connectivity index (χ4v) is 5.98. The lowest BCUT2D eigenvalue weighted by molar-refractivity contribution is -0.119. The number of imidazole rings is 1. The van der Waals surface area contributed by atoms with Crippen LogP contribution in [0.4, 0.5) is 15.8 Å². The maximum absolute atomic E-state index is 14.7. The average molecular weight is 604 g/mol. The predicted molar refractivity (Wildman–Crippen MR) is 175 cm³/mol. The third kappa shape index (κ3) is 5.99. The van der Waals surface area contributed by atoms with E-state index in [1.165, 1.54) is 12.1 Å². The molecule has 4 aromatic heterocycles. The van der Waals surface area contributed by atoms with Crippen molar-refractivity contribution in [1.82, 2.24) is 35.0 Å². The molecule has 0 spiro atoms. The van der Waals surface area contributed by atoms with Crippen LogP contribution in [-0.4, -0.2) is 68.1 Å². The lowest BCUT2D eigenvalue weighted by atomic mass is 10.0. The van der Waals surface area contributed by atoms with Gasteiger partial charge in [-0.05, 0) is 68.9 Å². The van der Waals surface area contributed by atoms with Crippen molar-refractivity contribution in [3.8, 4) is 33.9 Å². The zero-order valence-corrected chi connectivity index (χ0v) is 25.2. The first-order chi connectivity index (χ1) is 21.9. The van der Waals surface area contributed by atoms with Gasteiger partial charge in [-0.2, -0.15) is 5.10 Å². The minimum Gasteiger partial charge on any atom is -0.384 e. The number of halogens is 1. The fraction of sp³-hybridized carbons (Fsp3) is 0.265. The van der Waals surface area contributed by atoms with Gasteiger partial charge in [-0.3, -0.25) is 19.9 Å². The monoisotopic (exact) mass is 603 g/mol. The van der Waals surface area contributed by atoms with Gasteiger partial charge in [-0.15, -0.1) is 0 Å². The Morgan fingerprint density at radius 2 is 1.84 bits per heavy atom. The maximum atomic E-state index is 14.7. The summed E-state index contributed by atoms with van der Waals surface area (Å²) in [5.74, 6) is 0.375. The second kappa shape index (κ2) is 12.1. The van der Waals surface area contributed by atoms with Crippen LogP contribution in [0.1, 0.15) is 25.7 Å². The lowest BCUT2D eigenvalue weighted by Crippen LogP contribution is -2.20. The van der Waals surface area contributed by atoms with Crippen LogP contribution < -0.4 is 10.6 Å². The smallest absolute Gasteiger partial charge is 0.227 e. The summed E-state index contributed by atoms with van der Waals surface area (Å²) >= 11 is 0. The first kappa shape index (κ1) is 28.6. The van der Waals surface area contributed by atoms with Crippen LogP contribution in [0, 0.1) is 11.7 Å². The van der Waals surface area contributed by atoms with Crippen LogP contribution >= 0.6 is 0 Å². The number of para-hydroxylation sites is 1. The third-order valence-corrected chi connectivity index (χ3v) is 8.31. The van der Waals surface area contributed by atoms with Crippen LogP contribution in [0.3, 0.4) is 0 Å². The van der Waals surface area contributed by atoms with E-state index >= 15 is 0 Å². The Balaban J connectivity index is 1.20. The number of hydrogen-bond acceptors (Lipinski definition) is 7. The van der Waals surface area contributed by atoms with E-state index < -0.39 is 0 Å². The molecule has 6 aromatic rings. The molecule has 1 aliphatic rings. The zero-order chi connectivity index (χ0) is 30.9. The molecular weight excluding hydrogens is 569 g/mol. The summed E-state index contributed by atoms with van der Waals surface area (Å²) < 4.78 is 14.7. The molecule has 0 atom stereocenters. The van der Waals surface area contributed by atoms with Gasteiger partial charge in [0.1, 0.15) is 11.5 Å². The normalized spacial score (nSPS) is 13.7. The molecule has 1 aliphatic carbocycles. The van der Waals surface area contributed by atoms with E-state index in [2.05, 4.69) is 40.7 Å². The number of aromatic nitrogens is 6. The van der Waals surface area contributed by atoms with Crippen molar-refractivity contribution < 1.29 is 9.18 Å². The summed E-state index contributed by atoms with van der Waals surface area (Å²) in [5.41, 5.74) is 7.32. The van der Waals surface area contributed by atoms with Gasteiger partial charge in [0.25, 0.3) is 0 Å². The first-order valence-electron chi connectivity index (χ1n) is 15.2. The molecule has 4 heterocycles. The molecule has 7 rings (SSSR count). The molecule has 1 amide bonds. The predicted octanol–water partition coefficient (Wildman–Crippen LogP) is 6.47. The van der Waals surface area contributed by atoms with Gasteiger partial charge in [-0.1, -0.05) is 25.0 Å². The van der Waals surface area contributed by atoms with E-state index in [0.717, 1.165) is 76.5 Å². The van der Waals surface area contributed by atoms with Crippen molar-refractivity contribution in [3.05, 3.63) is 72.9 Å². The van der Waals surface area contributed by atoms with E-state index in [0.29, 0.717) is 29.4 Å². The number of benzene rings is 2. The Kier molecular flexibility index (Phi) is 7.68. The van der Waals surface area contributed by atoms with Crippen molar-refractivity contribution in [2.75, 3.05) is 37.8 Å². The summed E-state index contributed by atoms with van der Waals surface area (Å²) in [6, 6.07) is 14.6. The van der Waals surface area contributed by atoms with Gasteiger partial charge in [0.2, 0.25) is 5.91 Å². The Hall–Kier alpha value is -5.16. The van der Waals surface area contributed by atoms with Gasteiger partial charge >= 0.3 is 0 Å². The van der Waals surface area contributed by atoms with Gasteiger partial charge in [-0.25, -0.2) is 9.37 Å². The summed E-state index contributed by atoms with van der Waals surface area (Å²) in [5, 5.41) is 14.8. The second-order valence-corrected chi connectivity index (χ2v) is 11.9. The van der Waals surface area contributed by atoms with E-state index in [1.54, 1.807) is 18.6 Å². The standard InChI is InChI=1S/C34H34FN9O/c1-44(2)11-10-37-24-13-21(12-23(35)15-24)26-8-5-9-28-31(26)41-33(40-28)32-27-16-29(38-19-30(27)42-43-32)22-14-25(18-36-17-22)39-34(45)20-6-3-4-7-20/h5,8-9,12-20,37H,3-4,6-7,10-11H2,1-2H3,(H,39,45)(H,40,41)(H,42,43). The number of anilines is 2. The molecule has 228 valence electrons. The summed E-state index contributed by atoms with van der Waals surface area (Å²) in [4.78, 5) is 32.1. The number of nitrogens with one attached hydrogen (secondary N) is 4. The largest absolute Gasteiger partial charge is 0.384 e. The minimum absolute atomic E-state index is 0.0475. The fourth-order valence-electron chi connectivity index (χ4n) is 5.98. The Labute approximate surface area is 259 Å². The van der Waals surface area contributed by atoms with Crippen molar-refractivity contribution in [2.24, 2.45) is 5.92 Å². The topological polar surface area (TPSA) is 128 Å². The number of nitrogens with zero attached hydrogens (tertiary/aromatic N) is 5. The van der Waals surface area contributed by atoms with Crippen molar-refractivity contribution in [1.29, 1.82) is 0 Å². The van der Waals surface area contributed by atoms with Crippen LogP contribution in [0.15, 0.2) is 67.1 Å². The number of aromatic amines is 2. The summed E-state index contributed by atoms with van der Waals surface area (Å²) in [6.07, 6.45) is 9.18. The number of carbonyl (C=O) groups excluding carboxylic acids is 1. The van der Waals surface area contributed by atoms with Crippen LogP contribution in [0.25, 0.3) is 55.8 Å². The Morgan fingerprint density at radius 3 is 2.69 bits per heavy atom. The third-order valence-electron chi connectivity index (χ3n) is 8.31. The minimum atomic E-state index is -0.317. The summed E-state index contributed by atoms with van der Waals surface area (Å²) in [6.45, 7) is 1.53.